The van der Waals surface area contributed by atoms with Crippen LogP contribution in [0.1, 0.15) is 24.8 Å². The molecule has 5 nitrogen and oxygen atoms in total. The lowest BCUT2D eigenvalue weighted by molar-refractivity contribution is -0.113. The highest BCUT2D eigenvalue weighted by Gasteiger charge is 2.34. The van der Waals surface area contributed by atoms with Crippen molar-refractivity contribution in [2.75, 3.05) is 26.2 Å². The number of aliphatic imine (C=N–C) groups is 1. The fraction of sp³-hybridized carbons (Fsp3) is 0.444. The highest BCUT2D eigenvalue weighted by atomic mass is 32.2. The lowest BCUT2D eigenvalue weighted by atomic mass is 10.2. The highest BCUT2D eigenvalue weighted by molar-refractivity contribution is 8.18. The van der Waals surface area contributed by atoms with E-state index in [2.05, 4.69) is 14.8 Å². The third-order valence-corrected chi connectivity index (χ3v) is 6.02. The number of aromatic hydroxyl groups is 1. The van der Waals surface area contributed by atoms with Crippen LogP contribution in [0.25, 0.3) is 6.08 Å². The molecule has 1 amide bonds. The molecule has 0 radical (unpaired) electrons. The Labute approximate surface area is 150 Å². The number of hydrogen-bond acceptors (Lipinski definition) is 5. The van der Waals surface area contributed by atoms with Crippen molar-refractivity contribution in [2.45, 2.75) is 25.3 Å². The van der Waals surface area contributed by atoms with E-state index >= 15 is 0 Å². The van der Waals surface area contributed by atoms with Gasteiger partial charge in [-0.3, -0.25) is 9.69 Å². The molecule has 7 heteroatoms. The van der Waals surface area contributed by atoms with Gasteiger partial charge in [-0.25, -0.2) is 4.39 Å². The molecule has 2 fully saturated rings. The summed E-state index contributed by atoms with van der Waals surface area (Å²) in [6, 6.07) is 4.32. The molecule has 1 N–H and O–H groups in total. The summed E-state index contributed by atoms with van der Waals surface area (Å²) in [5.41, 5.74) is 0.421. The number of thioether (sulfide) groups is 1. The first-order valence-electron chi connectivity index (χ1n) is 8.60. The van der Waals surface area contributed by atoms with Gasteiger partial charge < -0.3 is 10.0 Å². The molecule has 1 aromatic rings. The van der Waals surface area contributed by atoms with E-state index in [4.69, 9.17) is 0 Å². The molecule has 0 spiro atoms. The van der Waals surface area contributed by atoms with Gasteiger partial charge in [-0.2, -0.15) is 4.99 Å². The summed E-state index contributed by atoms with van der Waals surface area (Å²) in [5, 5.41) is 10.5. The second-order valence-electron chi connectivity index (χ2n) is 6.64. The third-order valence-electron chi connectivity index (χ3n) is 4.98. The van der Waals surface area contributed by atoms with Gasteiger partial charge in [0, 0.05) is 30.8 Å². The summed E-state index contributed by atoms with van der Waals surface area (Å²) in [5.74, 6) is -0.982. The molecule has 2 saturated heterocycles. The lowest BCUT2D eigenvalue weighted by Crippen LogP contribution is -2.36. The van der Waals surface area contributed by atoms with Gasteiger partial charge >= 0.3 is 0 Å². The molecule has 25 heavy (non-hydrogen) atoms. The second-order valence-corrected chi connectivity index (χ2v) is 7.65. The molecular weight excluding hydrogens is 341 g/mol. The number of phenolic OH excluding ortho intramolecular Hbond substituents is 1. The highest BCUT2D eigenvalue weighted by Crippen LogP contribution is 2.34. The molecule has 0 aliphatic carbocycles. The van der Waals surface area contributed by atoms with Crippen LogP contribution in [0.5, 0.6) is 5.75 Å². The van der Waals surface area contributed by atoms with Crippen LogP contribution < -0.4 is 0 Å². The minimum atomic E-state index is -0.507. The van der Waals surface area contributed by atoms with Crippen LogP contribution in [-0.2, 0) is 4.79 Å². The molecule has 0 aromatic heterocycles. The fourth-order valence-corrected chi connectivity index (χ4v) is 4.57. The summed E-state index contributed by atoms with van der Waals surface area (Å²) >= 11 is 1.33. The molecular formula is C18H20FN3O2S. The number of carbonyl (C=O) groups excluding carboxylic acids is 1. The number of halogens is 1. The first-order chi connectivity index (χ1) is 12.1. The van der Waals surface area contributed by atoms with E-state index in [0.717, 1.165) is 30.7 Å². The molecule has 4 rings (SSSR count). The van der Waals surface area contributed by atoms with Crippen molar-refractivity contribution in [3.63, 3.8) is 0 Å². The maximum absolute atomic E-state index is 13.1. The number of nitrogens with zero attached hydrogens (tertiary/aromatic N) is 3. The van der Waals surface area contributed by atoms with E-state index < -0.39 is 5.82 Å². The molecule has 1 aromatic carbocycles. The molecule has 0 bridgehead atoms. The van der Waals surface area contributed by atoms with E-state index in [-0.39, 0.29) is 11.7 Å². The summed E-state index contributed by atoms with van der Waals surface area (Å²) in [6.07, 6.45) is 5.23. The van der Waals surface area contributed by atoms with Crippen LogP contribution in [0.3, 0.4) is 0 Å². The Morgan fingerprint density at radius 2 is 2.08 bits per heavy atom. The Morgan fingerprint density at radius 3 is 2.84 bits per heavy atom. The minimum Gasteiger partial charge on any atom is -0.507 e. The first-order valence-corrected chi connectivity index (χ1v) is 9.42. The number of hydrogen-bond donors (Lipinski definition) is 1. The SMILES string of the molecule is O=C1N=C(N2CC[C@H](N3CCCC3)C2)S/C1=C\c1ccc(F)cc1O. The Kier molecular flexibility index (Phi) is 4.52. The Bertz CT molecular complexity index is 759. The van der Waals surface area contributed by atoms with Gasteiger partial charge in [0.1, 0.15) is 11.6 Å². The van der Waals surface area contributed by atoms with Crippen LogP contribution in [0.15, 0.2) is 28.1 Å². The minimum absolute atomic E-state index is 0.176. The Morgan fingerprint density at radius 1 is 1.28 bits per heavy atom. The largest absolute Gasteiger partial charge is 0.507 e. The maximum Gasteiger partial charge on any atom is 0.286 e. The van der Waals surface area contributed by atoms with Gasteiger partial charge in [0.05, 0.1) is 4.91 Å². The zero-order chi connectivity index (χ0) is 17.4. The Hall–Kier alpha value is -1.86. The number of amidine groups is 1. The zero-order valence-corrected chi connectivity index (χ0v) is 14.6. The van der Waals surface area contributed by atoms with Crippen molar-refractivity contribution < 1.29 is 14.3 Å². The van der Waals surface area contributed by atoms with E-state index in [1.807, 2.05) is 0 Å². The van der Waals surface area contributed by atoms with Crippen molar-refractivity contribution >= 4 is 28.9 Å². The van der Waals surface area contributed by atoms with Gasteiger partial charge in [0.25, 0.3) is 5.91 Å². The average molecular weight is 361 g/mol. The third kappa shape index (κ3) is 3.43. The predicted octanol–water partition coefficient (Wildman–Crippen LogP) is 2.67. The summed E-state index contributed by atoms with van der Waals surface area (Å²) in [7, 11) is 0. The topological polar surface area (TPSA) is 56.1 Å². The van der Waals surface area contributed by atoms with Crippen molar-refractivity contribution in [1.29, 1.82) is 0 Å². The van der Waals surface area contributed by atoms with Crippen LogP contribution >= 0.6 is 11.8 Å². The van der Waals surface area contributed by atoms with Gasteiger partial charge in [0.15, 0.2) is 5.17 Å². The molecule has 0 unspecified atom stereocenters. The molecule has 3 aliphatic heterocycles. The number of phenols is 1. The summed E-state index contributed by atoms with van der Waals surface area (Å²) < 4.78 is 13.1. The van der Waals surface area contributed by atoms with Crippen LogP contribution in [-0.4, -0.2) is 58.2 Å². The van der Waals surface area contributed by atoms with Gasteiger partial charge in [0.2, 0.25) is 0 Å². The summed E-state index contributed by atoms with van der Waals surface area (Å²) in [4.78, 5) is 21.5. The number of carbonyl (C=O) groups is 1. The number of likely N-dealkylation sites (tertiary alicyclic amines) is 2. The standard InChI is InChI=1S/C18H20FN3O2S/c19-13-4-3-12(15(23)10-13)9-16-17(24)20-18(25-16)22-8-5-14(11-22)21-6-1-2-7-21/h3-4,9-10,14,23H,1-2,5-8,11H2/b16-9-/t14-/m0/s1. The fourth-order valence-electron chi connectivity index (χ4n) is 3.63. The average Bonchev–Trinajstić information content (AvgIpc) is 3.31. The van der Waals surface area contributed by atoms with Crippen molar-refractivity contribution in [3.05, 3.63) is 34.5 Å². The van der Waals surface area contributed by atoms with E-state index in [9.17, 15) is 14.3 Å². The first kappa shape index (κ1) is 16.6. The summed E-state index contributed by atoms with van der Waals surface area (Å²) in [6.45, 7) is 4.17. The molecule has 132 valence electrons. The maximum atomic E-state index is 13.1. The van der Waals surface area contributed by atoms with Crippen LogP contribution in [0.2, 0.25) is 0 Å². The Balaban J connectivity index is 1.45. The van der Waals surface area contributed by atoms with Gasteiger partial charge in [-0.15, -0.1) is 0 Å². The quantitative estimate of drug-likeness (QED) is 0.821. The molecule has 3 heterocycles. The number of rotatable bonds is 2. The van der Waals surface area contributed by atoms with Gasteiger partial charge in [-0.1, -0.05) is 0 Å². The second kappa shape index (κ2) is 6.80. The van der Waals surface area contributed by atoms with Crippen molar-refractivity contribution in [1.82, 2.24) is 9.80 Å². The molecule has 1 atom stereocenters. The van der Waals surface area contributed by atoms with Crippen LogP contribution in [0, 0.1) is 5.82 Å². The zero-order valence-electron chi connectivity index (χ0n) is 13.8. The number of amides is 1. The normalized spacial score (nSPS) is 26.0. The predicted molar refractivity (Wildman–Crippen MR) is 96.9 cm³/mol. The lowest BCUT2D eigenvalue weighted by Gasteiger charge is -2.23. The van der Waals surface area contributed by atoms with E-state index in [1.54, 1.807) is 6.08 Å². The van der Waals surface area contributed by atoms with Crippen molar-refractivity contribution in [3.8, 4) is 5.75 Å². The number of benzene rings is 1. The molecule has 0 saturated carbocycles. The van der Waals surface area contributed by atoms with Crippen molar-refractivity contribution in [2.24, 2.45) is 4.99 Å². The van der Waals surface area contributed by atoms with Crippen LogP contribution in [0.4, 0.5) is 4.39 Å². The molecule has 3 aliphatic rings. The van der Waals surface area contributed by atoms with E-state index in [0.29, 0.717) is 16.5 Å². The van der Waals surface area contributed by atoms with E-state index in [1.165, 1.54) is 49.8 Å². The monoisotopic (exact) mass is 361 g/mol. The smallest absolute Gasteiger partial charge is 0.286 e. The van der Waals surface area contributed by atoms with Gasteiger partial charge in [-0.05, 0) is 62.3 Å².